The maximum atomic E-state index is 11.9. The molecule has 0 aromatic carbocycles. The molecular weight excluding hydrogens is 262 g/mol. The number of aryl methyl sites for hydroxylation is 1. The zero-order chi connectivity index (χ0) is 13.7. The summed E-state index contributed by atoms with van der Waals surface area (Å²) in [4.78, 5) is 20.6. The number of amides is 1. The van der Waals surface area contributed by atoms with Gasteiger partial charge in [0.15, 0.2) is 0 Å². The third kappa shape index (κ3) is 3.61. The molecule has 0 unspecified atom stereocenters. The number of thiazole rings is 1. The van der Waals surface area contributed by atoms with E-state index in [9.17, 15) is 4.79 Å². The lowest BCUT2D eigenvalue weighted by molar-refractivity contribution is 0.103. The van der Waals surface area contributed by atoms with Crippen molar-refractivity contribution >= 4 is 23.1 Å². The number of anilines is 1. The van der Waals surface area contributed by atoms with Crippen LogP contribution < -0.4 is 5.32 Å². The standard InChI is InChI=1S/C13H11N3O2S/c1-9-14-8-11(19-9)13(18)16-12-6-2-4-10(15-12)5-3-7-17/h2,4,6,8,17H,7H2,1H3,(H,15,16,18). The molecule has 2 aromatic rings. The van der Waals surface area contributed by atoms with Crippen molar-refractivity contribution in [2.24, 2.45) is 0 Å². The number of pyridine rings is 1. The minimum atomic E-state index is -0.245. The minimum Gasteiger partial charge on any atom is -0.384 e. The van der Waals surface area contributed by atoms with Gasteiger partial charge in [-0.1, -0.05) is 12.0 Å². The zero-order valence-corrected chi connectivity index (χ0v) is 11.0. The number of aliphatic hydroxyl groups excluding tert-OH is 1. The van der Waals surface area contributed by atoms with Crippen LogP contribution in [0.15, 0.2) is 24.4 Å². The van der Waals surface area contributed by atoms with Crippen molar-refractivity contribution in [3.05, 3.63) is 40.0 Å². The highest BCUT2D eigenvalue weighted by Gasteiger charge is 2.09. The quantitative estimate of drug-likeness (QED) is 0.812. The van der Waals surface area contributed by atoms with E-state index in [0.717, 1.165) is 5.01 Å². The number of aromatic nitrogens is 2. The Morgan fingerprint density at radius 1 is 1.53 bits per heavy atom. The van der Waals surface area contributed by atoms with Crippen LogP contribution in [0.5, 0.6) is 0 Å². The first-order valence-electron chi connectivity index (χ1n) is 5.49. The number of aliphatic hydroxyl groups is 1. The largest absolute Gasteiger partial charge is 0.384 e. The van der Waals surface area contributed by atoms with Crippen LogP contribution in [0.3, 0.4) is 0 Å². The normalized spacial score (nSPS) is 9.58. The summed E-state index contributed by atoms with van der Waals surface area (Å²) >= 11 is 1.32. The fourth-order valence-electron chi connectivity index (χ4n) is 1.35. The van der Waals surface area contributed by atoms with Crippen LogP contribution in [0.4, 0.5) is 5.82 Å². The van der Waals surface area contributed by atoms with Crippen molar-refractivity contribution in [2.75, 3.05) is 11.9 Å². The van der Waals surface area contributed by atoms with Gasteiger partial charge in [-0.3, -0.25) is 4.79 Å². The van der Waals surface area contributed by atoms with Crippen molar-refractivity contribution in [1.82, 2.24) is 9.97 Å². The lowest BCUT2D eigenvalue weighted by Gasteiger charge is -2.02. The van der Waals surface area contributed by atoms with Gasteiger partial charge in [-0.25, -0.2) is 9.97 Å². The molecule has 0 saturated heterocycles. The van der Waals surface area contributed by atoms with Gasteiger partial charge in [0, 0.05) is 0 Å². The number of nitrogens with one attached hydrogen (secondary N) is 1. The summed E-state index contributed by atoms with van der Waals surface area (Å²) in [5.41, 5.74) is 0.493. The van der Waals surface area contributed by atoms with Crippen LogP contribution in [-0.4, -0.2) is 27.6 Å². The molecule has 0 aliphatic carbocycles. The van der Waals surface area contributed by atoms with Crippen LogP contribution in [0, 0.1) is 18.8 Å². The van der Waals surface area contributed by atoms with Gasteiger partial charge in [-0.15, -0.1) is 11.3 Å². The summed E-state index contributed by atoms with van der Waals surface area (Å²) in [6, 6.07) is 5.12. The summed E-state index contributed by atoms with van der Waals surface area (Å²) in [5.74, 6) is 5.35. The second kappa shape index (κ2) is 6.09. The Morgan fingerprint density at radius 3 is 3.05 bits per heavy atom. The van der Waals surface area contributed by atoms with E-state index in [1.165, 1.54) is 17.5 Å². The van der Waals surface area contributed by atoms with E-state index in [0.29, 0.717) is 16.4 Å². The average Bonchev–Trinajstić information content (AvgIpc) is 2.83. The van der Waals surface area contributed by atoms with Crippen LogP contribution in [0.25, 0.3) is 0 Å². The van der Waals surface area contributed by atoms with Gasteiger partial charge >= 0.3 is 0 Å². The Hall–Kier alpha value is -2.23. The zero-order valence-electron chi connectivity index (χ0n) is 10.2. The van der Waals surface area contributed by atoms with Crippen molar-refractivity contribution in [1.29, 1.82) is 0 Å². The Bertz CT molecular complexity index is 655. The highest BCUT2D eigenvalue weighted by atomic mass is 32.1. The molecule has 0 bridgehead atoms. The fourth-order valence-corrected chi connectivity index (χ4v) is 2.02. The Morgan fingerprint density at radius 2 is 2.37 bits per heavy atom. The van der Waals surface area contributed by atoms with E-state index in [2.05, 4.69) is 27.1 Å². The summed E-state index contributed by atoms with van der Waals surface area (Å²) < 4.78 is 0. The Labute approximate surface area is 114 Å². The summed E-state index contributed by atoms with van der Waals surface area (Å²) in [6.07, 6.45) is 1.53. The van der Waals surface area contributed by atoms with Gasteiger partial charge in [-0.2, -0.15) is 0 Å². The molecule has 1 amide bonds. The number of hydrogen-bond acceptors (Lipinski definition) is 5. The van der Waals surface area contributed by atoms with Crippen molar-refractivity contribution in [2.45, 2.75) is 6.92 Å². The first-order valence-corrected chi connectivity index (χ1v) is 6.31. The molecule has 0 spiro atoms. The third-order valence-electron chi connectivity index (χ3n) is 2.13. The maximum absolute atomic E-state index is 11.9. The highest BCUT2D eigenvalue weighted by Crippen LogP contribution is 2.13. The van der Waals surface area contributed by atoms with E-state index in [1.54, 1.807) is 18.2 Å². The van der Waals surface area contributed by atoms with Gasteiger partial charge < -0.3 is 10.4 Å². The van der Waals surface area contributed by atoms with Crippen LogP contribution in [-0.2, 0) is 0 Å². The van der Waals surface area contributed by atoms with Crippen LogP contribution >= 0.6 is 11.3 Å². The number of rotatable bonds is 2. The molecule has 96 valence electrons. The average molecular weight is 273 g/mol. The van der Waals surface area contributed by atoms with Gasteiger partial charge in [0.2, 0.25) is 0 Å². The molecule has 2 N–H and O–H groups in total. The van der Waals surface area contributed by atoms with Gasteiger partial charge in [0.1, 0.15) is 23.0 Å². The van der Waals surface area contributed by atoms with Gasteiger partial charge in [-0.05, 0) is 25.0 Å². The van der Waals surface area contributed by atoms with Crippen LogP contribution in [0.2, 0.25) is 0 Å². The molecular formula is C13H11N3O2S. The predicted molar refractivity (Wildman–Crippen MR) is 73.0 cm³/mol. The monoisotopic (exact) mass is 273 g/mol. The number of carbonyl (C=O) groups excluding carboxylic acids is 1. The molecule has 0 aliphatic heterocycles. The molecule has 2 rings (SSSR count). The third-order valence-corrected chi connectivity index (χ3v) is 3.04. The lowest BCUT2D eigenvalue weighted by atomic mass is 10.3. The summed E-state index contributed by atoms with van der Waals surface area (Å²) in [6.45, 7) is 1.61. The topological polar surface area (TPSA) is 75.1 Å². The van der Waals surface area contributed by atoms with Gasteiger partial charge in [0.25, 0.3) is 5.91 Å². The first-order chi connectivity index (χ1) is 9.19. The molecule has 0 atom stereocenters. The Balaban J connectivity index is 2.13. The Kier molecular flexibility index (Phi) is 4.23. The van der Waals surface area contributed by atoms with E-state index in [4.69, 9.17) is 5.11 Å². The molecule has 2 aromatic heterocycles. The molecule has 0 fully saturated rings. The predicted octanol–water partition coefficient (Wildman–Crippen LogP) is 1.44. The summed E-state index contributed by atoms with van der Waals surface area (Å²) in [7, 11) is 0. The lowest BCUT2D eigenvalue weighted by Crippen LogP contribution is -2.11. The number of nitrogens with zero attached hydrogens (tertiary/aromatic N) is 2. The van der Waals surface area contributed by atoms with E-state index >= 15 is 0 Å². The second-order valence-corrected chi connectivity index (χ2v) is 4.80. The number of carbonyl (C=O) groups is 1. The minimum absolute atomic E-state index is 0.224. The maximum Gasteiger partial charge on any atom is 0.268 e. The molecule has 0 aliphatic rings. The van der Waals surface area contributed by atoms with E-state index in [1.807, 2.05) is 6.92 Å². The van der Waals surface area contributed by atoms with Crippen LogP contribution in [0.1, 0.15) is 20.4 Å². The number of hydrogen-bond donors (Lipinski definition) is 2. The molecule has 0 radical (unpaired) electrons. The molecule has 2 heterocycles. The van der Waals surface area contributed by atoms with E-state index < -0.39 is 0 Å². The van der Waals surface area contributed by atoms with Crippen molar-refractivity contribution in [3.8, 4) is 11.8 Å². The molecule has 5 nitrogen and oxygen atoms in total. The molecule has 0 saturated carbocycles. The van der Waals surface area contributed by atoms with Crippen molar-refractivity contribution in [3.63, 3.8) is 0 Å². The second-order valence-electron chi connectivity index (χ2n) is 3.57. The highest BCUT2D eigenvalue weighted by molar-refractivity contribution is 7.13. The fraction of sp³-hybridized carbons (Fsp3) is 0.154. The van der Waals surface area contributed by atoms with Crippen molar-refractivity contribution < 1.29 is 9.90 Å². The molecule has 19 heavy (non-hydrogen) atoms. The first kappa shape index (κ1) is 13.2. The van der Waals surface area contributed by atoms with Gasteiger partial charge in [0.05, 0.1) is 11.2 Å². The van der Waals surface area contributed by atoms with E-state index in [-0.39, 0.29) is 12.5 Å². The smallest absolute Gasteiger partial charge is 0.268 e. The SMILES string of the molecule is Cc1ncc(C(=O)Nc2cccc(C#CCO)n2)s1. The molecule has 6 heteroatoms. The summed E-state index contributed by atoms with van der Waals surface area (Å²) in [5, 5.41) is 12.1.